The summed E-state index contributed by atoms with van der Waals surface area (Å²) in [4.78, 5) is 37.2. The smallest absolute Gasteiger partial charge is 0.347 e. The van der Waals surface area contributed by atoms with Gasteiger partial charge in [0.2, 0.25) is 11.7 Å². The van der Waals surface area contributed by atoms with Gasteiger partial charge in [-0.3, -0.25) is 4.79 Å². The Hall–Kier alpha value is -3.17. The summed E-state index contributed by atoms with van der Waals surface area (Å²) in [5.41, 5.74) is 1.40. The predicted molar refractivity (Wildman–Crippen MR) is 118 cm³/mol. The van der Waals surface area contributed by atoms with Gasteiger partial charge in [-0.2, -0.15) is 0 Å². The molecule has 170 valence electrons. The first kappa shape index (κ1) is 22.0. The number of ketones is 1. The molecule has 0 aromatic carbocycles. The molecular formula is C23H28N4O5. The van der Waals surface area contributed by atoms with Crippen molar-refractivity contribution in [2.45, 2.75) is 25.8 Å². The molecule has 9 nitrogen and oxygen atoms in total. The number of hydrogen-bond donors (Lipinski definition) is 2. The molecule has 0 spiro atoms. The maximum Gasteiger partial charge on any atom is 0.347 e. The van der Waals surface area contributed by atoms with Gasteiger partial charge in [0.05, 0.1) is 13.2 Å². The van der Waals surface area contributed by atoms with Gasteiger partial charge in [0.25, 0.3) is 0 Å². The first-order chi connectivity index (χ1) is 15.5. The van der Waals surface area contributed by atoms with E-state index < -0.39 is 11.8 Å². The number of hydrogen-bond acceptors (Lipinski definition) is 8. The third kappa shape index (κ3) is 4.26. The van der Waals surface area contributed by atoms with Crippen LogP contribution >= 0.6 is 0 Å². The molecule has 32 heavy (non-hydrogen) atoms. The molecule has 0 amide bonds. The summed E-state index contributed by atoms with van der Waals surface area (Å²) in [6.07, 6.45) is 6.75. The van der Waals surface area contributed by atoms with Crippen LogP contribution in [0, 0.1) is 0 Å². The number of aliphatic hydroxyl groups excluding tert-OH is 1. The van der Waals surface area contributed by atoms with Crippen LogP contribution in [-0.4, -0.2) is 82.6 Å². The number of Topliss-reactive ketones (excluding diaryl/α,β-unsaturated/α-hetero) is 1. The van der Waals surface area contributed by atoms with Crippen molar-refractivity contribution in [2.24, 2.45) is 0 Å². The molecule has 2 aromatic rings. The lowest BCUT2D eigenvalue weighted by atomic mass is 10.0. The Morgan fingerprint density at radius 3 is 2.94 bits per heavy atom. The highest BCUT2D eigenvalue weighted by atomic mass is 16.5. The van der Waals surface area contributed by atoms with Crippen LogP contribution in [0.1, 0.15) is 25.3 Å². The summed E-state index contributed by atoms with van der Waals surface area (Å²) in [5, 5.41) is 10.0. The van der Waals surface area contributed by atoms with Crippen molar-refractivity contribution in [1.29, 1.82) is 0 Å². The maximum absolute atomic E-state index is 13.2. The normalized spacial score (nSPS) is 18.8. The number of nitrogens with zero attached hydrogens (tertiary/aromatic N) is 3. The van der Waals surface area contributed by atoms with Gasteiger partial charge < -0.3 is 29.4 Å². The summed E-state index contributed by atoms with van der Waals surface area (Å²) in [5.74, 6) is -0.791. The molecule has 0 saturated carbocycles. The number of H-pyrrole nitrogens is 1. The molecule has 4 rings (SSSR count). The number of esters is 1. The van der Waals surface area contributed by atoms with Gasteiger partial charge >= 0.3 is 5.97 Å². The highest BCUT2D eigenvalue weighted by Gasteiger charge is 2.40. The number of aliphatic hydroxyl groups is 1. The number of aromatic nitrogens is 2. The Morgan fingerprint density at radius 2 is 2.22 bits per heavy atom. The van der Waals surface area contributed by atoms with Gasteiger partial charge in [-0.05, 0) is 45.0 Å². The second-order valence-electron chi connectivity index (χ2n) is 7.91. The Balaban J connectivity index is 1.59. The summed E-state index contributed by atoms with van der Waals surface area (Å²) < 4.78 is 11.1. The molecule has 0 unspecified atom stereocenters. The highest BCUT2D eigenvalue weighted by Crippen LogP contribution is 2.33. The molecule has 0 aliphatic carbocycles. The lowest BCUT2D eigenvalue weighted by molar-refractivity contribution is -0.139. The summed E-state index contributed by atoms with van der Waals surface area (Å²) in [6, 6.07) is 4.05. The van der Waals surface area contributed by atoms with E-state index in [-0.39, 0.29) is 30.4 Å². The Bertz CT molecular complexity index is 1070. The van der Waals surface area contributed by atoms with Gasteiger partial charge in [0, 0.05) is 49.0 Å². The third-order valence-electron chi connectivity index (χ3n) is 5.95. The summed E-state index contributed by atoms with van der Waals surface area (Å²) >= 11 is 0. The maximum atomic E-state index is 13.2. The Kier molecular flexibility index (Phi) is 6.57. The van der Waals surface area contributed by atoms with E-state index in [1.54, 1.807) is 25.4 Å². The zero-order valence-electron chi connectivity index (χ0n) is 18.3. The predicted octanol–water partition coefficient (Wildman–Crippen LogP) is 1.67. The van der Waals surface area contributed by atoms with Crippen molar-refractivity contribution in [3.05, 3.63) is 47.3 Å². The highest BCUT2D eigenvalue weighted by molar-refractivity contribution is 6.26. The van der Waals surface area contributed by atoms with Gasteiger partial charge in [-0.15, -0.1) is 0 Å². The van der Waals surface area contributed by atoms with Crippen molar-refractivity contribution in [2.75, 3.05) is 39.9 Å². The zero-order valence-corrected chi connectivity index (χ0v) is 18.3. The van der Waals surface area contributed by atoms with Crippen LogP contribution in [0.2, 0.25) is 0 Å². The van der Waals surface area contributed by atoms with E-state index >= 15 is 0 Å². The number of piperidine rings is 1. The van der Waals surface area contributed by atoms with E-state index in [0.717, 1.165) is 23.8 Å². The number of pyridine rings is 1. The zero-order chi connectivity index (χ0) is 22.7. The Labute approximate surface area is 186 Å². The molecule has 1 saturated heterocycles. The van der Waals surface area contributed by atoms with E-state index in [9.17, 15) is 14.7 Å². The molecule has 4 heterocycles. The van der Waals surface area contributed by atoms with E-state index in [1.165, 1.54) is 0 Å². The van der Waals surface area contributed by atoms with Crippen molar-refractivity contribution >= 4 is 28.9 Å². The van der Waals surface area contributed by atoms with Crippen LogP contribution in [-0.2, 0) is 19.1 Å². The number of likely N-dealkylation sites (tertiary alicyclic amines) is 1. The molecule has 2 aromatic heterocycles. The number of aromatic amines is 1. The minimum absolute atomic E-state index is 0.0572. The number of likely N-dealkylation sites (N-methyl/N-ethyl adjacent to an activating group) is 1. The second-order valence-corrected chi connectivity index (χ2v) is 7.91. The molecule has 2 N–H and O–H groups in total. The monoisotopic (exact) mass is 440 g/mol. The van der Waals surface area contributed by atoms with Crippen LogP contribution in [0.5, 0.6) is 0 Å². The fraction of sp³-hybridized carbons (Fsp3) is 0.435. The number of fused-ring (bicyclic) bond motifs is 1. The molecule has 2 aliphatic heterocycles. The lowest BCUT2D eigenvalue weighted by Crippen LogP contribution is -2.44. The van der Waals surface area contributed by atoms with Crippen LogP contribution in [0.4, 0.5) is 0 Å². The topological polar surface area (TPSA) is 108 Å². The molecule has 0 atom stereocenters. The standard InChI is InChI=1S/C23H28N4O5/c1-3-31-23(30)19-20(29)18(13-15-14-25-21-17(15)5-4-8-24-21)32-22(19)27-9-6-16(7-10-27)26(2)11-12-28/h4-5,8,13-14,16,28H,3,6-7,9-12H2,1-2H3,(H,24,25)/b18-13-. The lowest BCUT2D eigenvalue weighted by Gasteiger charge is -2.37. The first-order valence-corrected chi connectivity index (χ1v) is 10.9. The molecule has 2 aliphatic rings. The summed E-state index contributed by atoms with van der Waals surface area (Å²) in [6.45, 7) is 3.87. The molecular weight excluding hydrogens is 412 g/mol. The largest absolute Gasteiger partial charge is 0.462 e. The number of rotatable bonds is 7. The molecule has 1 fully saturated rings. The van der Waals surface area contributed by atoms with Crippen molar-refractivity contribution in [3.63, 3.8) is 0 Å². The number of carbonyl (C=O) groups excluding carboxylic acids is 2. The van der Waals surface area contributed by atoms with Gasteiger partial charge in [-0.25, -0.2) is 9.78 Å². The SMILES string of the molecule is CCOC(=O)C1=C(N2CCC(N(C)CCO)CC2)O/C(=C\c2c[nH]c3ncccc23)C1=O. The average molecular weight is 441 g/mol. The molecule has 0 bridgehead atoms. The summed E-state index contributed by atoms with van der Waals surface area (Å²) in [7, 11) is 1.99. The minimum Gasteiger partial charge on any atom is -0.462 e. The number of allylic oxidation sites excluding steroid dienone is 1. The third-order valence-corrected chi connectivity index (χ3v) is 5.95. The quantitative estimate of drug-likeness (QED) is 0.380. The Morgan fingerprint density at radius 1 is 1.44 bits per heavy atom. The molecule has 9 heteroatoms. The fourth-order valence-electron chi connectivity index (χ4n) is 4.21. The van der Waals surface area contributed by atoms with Crippen LogP contribution in [0.3, 0.4) is 0 Å². The van der Waals surface area contributed by atoms with Crippen molar-refractivity contribution in [3.8, 4) is 0 Å². The van der Waals surface area contributed by atoms with Gasteiger partial charge in [0.15, 0.2) is 11.3 Å². The van der Waals surface area contributed by atoms with Gasteiger partial charge in [-0.1, -0.05) is 0 Å². The number of carbonyl (C=O) groups is 2. The van der Waals surface area contributed by atoms with E-state index in [4.69, 9.17) is 9.47 Å². The minimum atomic E-state index is -0.670. The number of nitrogens with one attached hydrogen (secondary N) is 1. The van der Waals surface area contributed by atoms with Gasteiger partial charge in [0.1, 0.15) is 5.65 Å². The van der Waals surface area contributed by atoms with Crippen LogP contribution < -0.4 is 0 Å². The van der Waals surface area contributed by atoms with Crippen LogP contribution in [0.15, 0.2) is 41.7 Å². The average Bonchev–Trinajstić information content (AvgIpc) is 3.36. The van der Waals surface area contributed by atoms with Crippen molar-refractivity contribution < 1.29 is 24.2 Å². The van der Waals surface area contributed by atoms with Crippen LogP contribution in [0.25, 0.3) is 17.1 Å². The first-order valence-electron chi connectivity index (χ1n) is 10.9. The van der Waals surface area contributed by atoms with E-state index in [1.807, 2.05) is 24.1 Å². The second kappa shape index (κ2) is 9.54. The van der Waals surface area contributed by atoms with Crippen molar-refractivity contribution in [1.82, 2.24) is 19.8 Å². The fourth-order valence-corrected chi connectivity index (χ4v) is 4.21. The van der Waals surface area contributed by atoms with E-state index in [2.05, 4.69) is 14.9 Å². The number of ether oxygens (including phenoxy) is 2. The molecule has 0 radical (unpaired) electrons. The van der Waals surface area contributed by atoms with E-state index in [0.29, 0.717) is 31.3 Å².